The molecule has 5 nitrogen and oxygen atoms in total. The van der Waals surface area contributed by atoms with E-state index >= 15 is 0 Å². The third-order valence-electron chi connectivity index (χ3n) is 6.13. The second kappa shape index (κ2) is 11.1. The monoisotopic (exact) mass is 443 g/mol. The minimum Gasteiger partial charge on any atom is -0.491 e. The minimum atomic E-state index is 0.185. The first-order valence-electron chi connectivity index (χ1n) is 11.7. The Labute approximate surface area is 197 Å². The molecule has 1 aliphatic rings. The zero-order valence-corrected chi connectivity index (χ0v) is 19.7. The van der Waals surface area contributed by atoms with Crippen molar-refractivity contribution >= 4 is 5.91 Å². The van der Waals surface area contributed by atoms with Gasteiger partial charge in [0.2, 0.25) is 5.91 Å². The van der Waals surface area contributed by atoms with Gasteiger partial charge in [-0.25, -0.2) is 0 Å². The number of fused-ring (bicyclic) bond motifs is 1. The van der Waals surface area contributed by atoms with Crippen molar-refractivity contribution < 1.29 is 9.53 Å². The van der Waals surface area contributed by atoms with Crippen LogP contribution in [0.5, 0.6) is 5.75 Å². The number of hydrogen-bond acceptors (Lipinski definition) is 4. The van der Waals surface area contributed by atoms with E-state index in [9.17, 15) is 4.79 Å². The normalized spacial score (nSPS) is 13.4. The van der Waals surface area contributed by atoms with Crippen LogP contribution in [0, 0.1) is 6.92 Å². The molecule has 2 aromatic carbocycles. The van der Waals surface area contributed by atoms with Gasteiger partial charge in [0.05, 0.1) is 6.54 Å². The number of likely N-dealkylation sites (N-methyl/N-ethyl adjacent to an activating group) is 1. The number of rotatable bonds is 8. The van der Waals surface area contributed by atoms with Crippen LogP contribution in [0.3, 0.4) is 0 Å². The topological polar surface area (TPSA) is 45.7 Å². The van der Waals surface area contributed by atoms with Gasteiger partial charge in [0.25, 0.3) is 0 Å². The van der Waals surface area contributed by atoms with Crippen LogP contribution in [0.1, 0.15) is 34.4 Å². The molecule has 172 valence electrons. The molecule has 0 fully saturated rings. The largest absolute Gasteiger partial charge is 0.491 e. The lowest BCUT2D eigenvalue weighted by Gasteiger charge is -2.21. The molecule has 1 aromatic heterocycles. The van der Waals surface area contributed by atoms with E-state index < -0.39 is 0 Å². The van der Waals surface area contributed by atoms with Crippen molar-refractivity contribution in [2.45, 2.75) is 39.3 Å². The van der Waals surface area contributed by atoms with Gasteiger partial charge in [-0.2, -0.15) is 0 Å². The molecule has 0 N–H and O–H groups in total. The van der Waals surface area contributed by atoms with Crippen molar-refractivity contribution in [3.05, 3.63) is 94.8 Å². The Morgan fingerprint density at radius 1 is 1.06 bits per heavy atom. The Hall–Kier alpha value is -3.18. The van der Waals surface area contributed by atoms with Crippen molar-refractivity contribution in [2.75, 3.05) is 26.7 Å². The number of aryl methyl sites for hydroxylation is 2. The summed E-state index contributed by atoms with van der Waals surface area (Å²) in [4.78, 5) is 21.6. The Morgan fingerprint density at radius 2 is 1.88 bits per heavy atom. The first kappa shape index (κ1) is 23.0. The molecule has 1 aliphatic heterocycles. The van der Waals surface area contributed by atoms with E-state index in [1.54, 1.807) is 0 Å². The van der Waals surface area contributed by atoms with E-state index in [1.165, 1.54) is 16.7 Å². The van der Waals surface area contributed by atoms with Crippen LogP contribution in [0.2, 0.25) is 0 Å². The number of pyridine rings is 1. The van der Waals surface area contributed by atoms with Gasteiger partial charge in [-0.1, -0.05) is 42.0 Å². The summed E-state index contributed by atoms with van der Waals surface area (Å²) in [5.41, 5.74) is 5.88. The molecule has 5 heteroatoms. The summed E-state index contributed by atoms with van der Waals surface area (Å²) in [7, 11) is 2.13. The fourth-order valence-electron chi connectivity index (χ4n) is 4.17. The number of carbonyl (C=O) groups is 1. The first-order chi connectivity index (χ1) is 16.1. The molecule has 33 heavy (non-hydrogen) atoms. The molecule has 0 bridgehead atoms. The highest BCUT2D eigenvalue weighted by Crippen LogP contribution is 2.25. The van der Waals surface area contributed by atoms with E-state index in [0.29, 0.717) is 26.1 Å². The first-order valence-corrected chi connectivity index (χ1v) is 11.7. The van der Waals surface area contributed by atoms with Gasteiger partial charge in [-0.3, -0.25) is 9.78 Å². The number of nitrogens with zero attached hydrogens (tertiary/aromatic N) is 3. The zero-order chi connectivity index (χ0) is 23.0. The maximum atomic E-state index is 12.9. The van der Waals surface area contributed by atoms with Crippen molar-refractivity contribution in [1.82, 2.24) is 14.8 Å². The summed E-state index contributed by atoms with van der Waals surface area (Å²) >= 11 is 0. The van der Waals surface area contributed by atoms with Crippen molar-refractivity contribution in [3.8, 4) is 5.75 Å². The van der Waals surface area contributed by atoms with Crippen LogP contribution in [0.4, 0.5) is 0 Å². The predicted octanol–water partition coefficient (Wildman–Crippen LogP) is 4.42. The van der Waals surface area contributed by atoms with E-state index in [1.807, 2.05) is 23.2 Å². The molecule has 0 saturated heterocycles. The number of amides is 1. The van der Waals surface area contributed by atoms with Crippen LogP contribution in [0.25, 0.3) is 0 Å². The fourth-order valence-corrected chi connectivity index (χ4v) is 4.17. The highest BCUT2D eigenvalue weighted by Gasteiger charge is 2.20. The molecular weight excluding hydrogens is 410 g/mol. The fraction of sp³-hybridized carbons (Fsp3) is 0.357. The lowest BCUT2D eigenvalue weighted by Crippen LogP contribution is -2.32. The molecule has 4 rings (SSSR count). The van der Waals surface area contributed by atoms with Crippen LogP contribution in [-0.4, -0.2) is 47.4 Å². The van der Waals surface area contributed by atoms with Gasteiger partial charge in [-0.05, 0) is 55.8 Å². The molecule has 1 amide bonds. The zero-order valence-electron chi connectivity index (χ0n) is 19.7. The molecule has 0 aliphatic carbocycles. The molecule has 0 atom stereocenters. The Bertz CT molecular complexity index is 1050. The van der Waals surface area contributed by atoms with Crippen LogP contribution >= 0.6 is 0 Å². The third kappa shape index (κ3) is 6.65. The standard InChI is InChI=1S/C28H33N3O2/c1-22-6-8-23(9-7-22)11-13-28(32)31-17-18-33-27-12-10-24(19-25(27)21-31)20-30(2)16-14-26-5-3-4-15-29-26/h3-10,12,15,19H,11,13-14,16-18,20-21H2,1-2H3. The lowest BCUT2D eigenvalue weighted by atomic mass is 10.1. The average Bonchev–Trinajstić information content (AvgIpc) is 3.05. The van der Waals surface area contributed by atoms with Gasteiger partial charge in [0.1, 0.15) is 12.4 Å². The second-order valence-electron chi connectivity index (χ2n) is 8.90. The van der Waals surface area contributed by atoms with Gasteiger partial charge in [-0.15, -0.1) is 0 Å². The van der Waals surface area contributed by atoms with Crippen LogP contribution in [-0.2, 0) is 30.7 Å². The maximum absolute atomic E-state index is 12.9. The minimum absolute atomic E-state index is 0.185. The summed E-state index contributed by atoms with van der Waals surface area (Å²) < 4.78 is 5.95. The Balaban J connectivity index is 1.34. The lowest BCUT2D eigenvalue weighted by molar-refractivity contribution is -0.131. The Kier molecular flexibility index (Phi) is 7.74. The molecular formula is C28H33N3O2. The molecule has 3 aromatic rings. The SMILES string of the molecule is Cc1ccc(CCC(=O)N2CCOc3ccc(CN(C)CCc4ccccn4)cc3C2)cc1. The van der Waals surface area contributed by atoms with Gasteiger partial charge >= 0.3 is 0 Å². The quantitative estimate of drug-likeness (QED) is 0.517. The number of benzene rings is 2. The average molecular weight is 444 g/mol. The van der Waals surface area contributed by atoms with Crippen molar-refractivity contribution in [2.24, 2.45) is 0 Å². The predicted molar refractivity (Wildman–Crippen MR) is 131 cm³/mol. The number of hydrogen-bond donors (Lipinski definition) is 0. The molecule has 0 unspecified atom stereocenters. The molecule has 0 radical (unpaired) electrons. The van der Waals surface area contributed by atoms with Gasteiger partial charge < -0.3 is 14.5 Å². The highest BCUT2D eigenvalue weighted by molar-refractivity contribution is 5.76. The summed E-state index contributed by atoms with van der Waals surface area (Å²) in [5, 5.41) is 0. The van der Waals surface area contributed by atoms with Gasteiger partial charge in [0.15, 0.2) is 0 Å². The summed E-state index contributed by atoms with van der Waals surface area (Å²) in [6, 6.07) is 20.8. The van der Waals surface area contributed by atoms with Crippen molar-refractivity contribution in [3.63, 3.8) is 0 Å². The van der Waals surface area contributed by atoms with Gasteiger partial charge in [0, 0.05) is 49.9 Å². The van der Waals surface area contributed by atoms with Crippen LogP contribution in [0.15, 0.2) is 66.9 Å². The summed E-state index contributed by atoms with van der Waals surface area (Å²) in [6.07, 6.45) is 4.06. The third-order valence-corrected chi connectivity index (χ3v) is 6.13. The highest BCUT2D eigenvalue weighted by atomic mass is 16.5. The van der Waals surface area contributed by atoms with Crippen molar-refractivity contribution in [1.29, 1.82) is 0 Å². The summed E-state index contributed by atoms with van der Waals surface area (Å²) in [6.45, 7) is 5.63. The molecule has 0 saturated carbocycles. The molecule has 2 heterocycles. The van der Waals surface area contributed by atoms with Crippen LogP contribution < -0.4 is 4.74 Å². The smallest absolute Gasteiger partial charge is 0.223 e. The summed E-state index contributed by atoms with van der Waals surface area (Å²) in [5.74, 6) is 1.08. The maximum Gasteiger partial charge on any atom is 0.223 e. The number of carbonyl (C=O) groups excluding carboxylic acids is 1. The number of aromatic nitrogens is 1. The van der Waals surface area contributed by atoms with E-state index in [-0.39, 0.29) is 5.91 Å². The van der Waals surface area contributed by atoms with E-state index in [2.05, 4.69) is 72.4 Å². The number of ether oxygens (including phenoxy) is 1. The molecule has 0 spiro atoms. The van der Waals surface area contributed by atoms with E-state index in [0.717, 1.165) is 42.9 Å². The van der Waals surface area contributed by atoms with E-state index in [4.69, 9.17) is 4.74 Å². The second-order valence-corrected chi connectivity index (χ2v) is 8.90. The Morgan fingerprint density at radius 3 is 2.67 bits per heavy atom.